The first-order valence-electron chi connectivity index (χ1n) is 6.63. The highest BCUT2D eigenvalue weighted by Gasteiger charge is 2.06. The maximum atomic E-state index is 13.2. The van der Waals surface area contributed by atoms with Gasteiger partial charge >= 0.3 is 0 Å². The van der Waals surface area contributed by atoms with Crippen molar-refractivity contribution in [2.75, 3.05) is 11.9 Å². The smallest absolute Gasteiger partial charge is 0.123 e. The van der Waals surface area contributed by atoms with Crippen molar-refractivity contribution in [3.8, 4) is 5.75 Å². The molecule has 2 aromatic rings. The van der Waals surface area contributed by atoms with E-state index in [1.54, 1.807) is 6.07 Å². The molecule has 2 aromatic carbocycles. The van der Waals surface area contributed by atoms with Gasteiger partial charge in [0.25, 0.3) is 0 Å². The van der Waals surface area contributed by atoms with Crippen LogP contribution in [0.5, 0.6) is 5.75 Å². The number of hydrogen-bond acceptors (Lipinski definition) is 2. The minimum atomic E-state index is -0.302. The molecule has 0 unspecified atom stereocenters. The van der Waals surface area contributed by atoms with Crippen molar-refractivity contribution in [1.29, 1.82) is 0 Å². The summed E-state index contributed by atoms with van der Waals surface area (Å²) in [7, 11) is 0. The van der Waals surface area contributed by atoms with Crippen LogP contribution >= 0.6 is 23.2 Å². The van der Waals surface area contributed by atoms with Gasteiger partial charge in [0.2, 0.25) is 0 Å². The molecule has 0 heterocycles. The third-order valence-electron chi connectivity index (χ3n) is 3.00. The summed E-state index contributed by atoms with van der Waals surface area (Å²) in [6.45, 7) is 2.96. The Morgan fingerprint density at radius 3 is 2.67 bits per heavy atom. The van der Waals surface area contributed by atoms with E-state index < -0.39 is 0 Å². The van der Waals surface area contributed by atoms with E-state index in [2.05, 4.69) is 5.32 Å². The van der Waals surface area contributed by atoms with Crippen LogP contribution in [0.4, 0.5) is 10.1 Å². The van der Waals surface area contributed by atoms with E-state index in [-0.39, 0.29) is 5.82 Å². The minimum Gasteiger partial charge on any atom is -0.494 e. The molecule has 2 rings (SSSR count). The molecule has 0 spiro atoms. The van der Waals surface area contributed by atoms with Gasteiger partial charge in [-0.15, -0.1) is 11.6 Å². The van der Waals surface area contributed by atoms with Gasteiger partial charge in [-0.3, -0.25) is 0 Å². The van der Waals surface area contributed by atoms with Crippen LogP contribution in [0.25, 0.3) is 0 Å². The van der Waals surface area contributed by atoms with Gasteiger partial charge in [-0.1, -0.05) is 11.6 Å². The highest BCUT2D eigenvalue weighted by Crippen LogP contribution is 2.25. The lowest BCUT2D eigenvalue weighted by atomic mass is 10.1. The van der Waals surface area contributed by atoms with Crippen molar-refractivity contribution in [2.24, 2.45) is 0 Å². The minimum absolute atomic E-state index is 0.302. The number of nitrogens with one attached hydrogen (secondary N) is 1. The fourth-order valence-corrected chi connectivity index (χ4v) is 2.36. The topological polar surface area (TPSA) is 21.3 Å². The van der Waals surface area contributed by atoms with E-state index in [1.807, 2.05) is 25.1 Å². The molecule has 0 saturated heterocycles. The average molecular weight is 328 g/mol. The van der Waals surface area contributed by atoms with Crippen molar-refractivity contribution in [3.05, 3.63) is 58.4 Å². The third-order valence-corrected chi connectivity index (χ3v) is 3.65. The molecule has 21 heavy (non-hydrogen) atoms. The summed E-state index contributed by atoms with van der Waals surface area (Å²) in [4.78, 5) is 0. The summed E-state index contributed by atoms with van der Waals surface area (Å²) >= 11 is 12.0. The van der Waals surface area contributed by atoms with Crippen molar-refractivity contribution in [2.45, 2.75) is 19.3 Å². The van der Waals surface area contributed by atoms with Crippen molar-refractivity contribution in [1.82, 2.24) is 0 Å². The first-order chi connectivity index (χ1) is 10.1. The number of halogens is 3. The molecule has 0 bridgehead atoms. The Kier molecular flexibility index (Phi) is 5.71. The van der Waals surface area contributed by atoms with Crippen LogP contribution < -0.4 is 10.1 Å². The van der Waals surface area contributed by atoms with Crippen LogP contribution in [0, 0.1) is 5.82 Å². The van der Waals surface area contributed by atoms with E-state index in [1.165, 1.54) is 12.1 Å². The Hall–Kier alpha value is -1.45. The van der Waals surface area contributed by atoms with Gasteiger partial charge in [0.15, 0.2) is 0 Å². The molecular weight excluding hydrogens is 312 g/mol. The molecule has 0 amide bonds. The lowest BCUT2D eigenvalue weighted by Gasteiger charge is -2.12. The predicted octanol–water partition coefficient (Wildman–Crippen LogP) is 5.23. The summed E-state index contributed by atoms with van der Waals surface area (Å²) in [6, 6.07) is 10.0. The molecular formula is C16H16Cl2FNO. The SMILES string of the molecule is CCOc1ccc(NCc2cc(F)ccc2Cl)cc1CCl. The van der Waals surface area contributed by atoms with Crippen molar-refractivity contribution >= 4 is 28.9 Å². The lowest BCUT2D eigenvalue weighted by molar-refractivity contribution is 0.337. The number of benzene rings is 2. The molecule has 112 valence electrons. The molecule has 1 N–H and O–H groups in total. The third kappa shape index (κ3) is 4.26. The number of ether oxygens (including phenoxy) is 1. The number of rotatable bonds is 6. The second-order valence-electron chi connectivity index (χ2n) is 4.48. The van der Waals surface area contributed by atoms with Gasteiger partial charge in [-0.05, 0) is 48.9 Å². The fourth-order valence-electron chi connectivity index (χ4n) is 1.97. The van der Waals surface area contributed by atoms with E-state index in [0.29, 0.717) is 29.6 Å². The van der Waals surface area contributed by atoms with Crippen LogP contribution in [-0.4, -0.2) is 6.61 Å². The summed E-state index contributed by atoms with van der Waals surface area (Å²) < 4.78 is 18.7. The maximum Gasteiger partial charge on any atom is 0.123 e. The molecule has 0 saturated carbocycles. The second-order valence-corrected chi connectivity index (χ2v) is 5.15. The number of alkyl halides is 1. The quantitative estimate of drug-likeness (QED) is 0.733. The molecule has 2 nitrogen and oxygen atoms in total. The highest BCUT2D eigenvalue weighted by atomic mass is 35.5. The van der Waals surface area contributed by atoms with E-state index in [0.717, 1.165) is 17.0 Å². The van der Waals surface area contributed by atoms with Crippen LogP contribution in [0.2, 0.25) is 5.02 Å². The molecule has 0 aliphatic heterocycles. The van der Waals surface area contributed by atoms with Gasteiger partial charge < -0.3 is 10.1 Å². The Bertz CT molecular complexity index is 619. The summed E-state index contributed by atoms with van der Waals surface area (Å²) in [5.41, 5.74) is 2.50. The molecule has 0 aromatic heterocycles. The molecule has 0 aliphatic carbocycles. The van der Waals surface area contributed by atoms with Crippen molar-refractivity contribution in [3.63, 3.8) is 0 Å². The lowest BCUT2D eigenvalue weighted by Crippen LogP contribution is -2.02. The van der Waals surface area contributed by atoms with E-state index in [4.69, 9.17) is 27.9 Å². The Morgan fingerprint density at radius 1 is 1.14 bits per heavy atom. The number of hydrogen-bond donors (Lipinski definition) is 1. The monoisotopic (exact) mass is 327 g/mol. The zero-order valence-corrected chi connectivity index (χ0v) is 13.1. The second kappa shape index (κ2) is 7.53. The highest BCUT2D eigenvalue weighted by molar-refractivity contribution is 6.31. The van der Waals surface area contributed by atoms with Gasteiger partial charge in [0.05, 0.1) is 12.5 Å². The molecule has 0 radical (unpaired) electrons. The first kappa shape index (κ1) is 15.9. The van der Waals surface area contributed by atoms with Crippen LogP contribution in [0.15, 0.2) is 36.4 Å². The molecule has 0 aliphatic rings. The fraction of sp³-hybridized carbons (Fsp3) is 0.250. The van der Waals surface area contributed by atoms with Crippen LogP contribution in [0.1, 0.15) is 18.1 Å². The largest absolute Gasteiger partial charge is 0.494 e. The number of anilines is 1. The normalized spacial score (nSPS) is 10.5. The van der Waals surface area contributed by atoms with Gasteiger partial charge in [0.1, 0.15) is 11.6 Å². The van der Waals surface area contributed by atoms with Crippen molar-refractivity contribution < 1.29 is 9.13 Å². The Morgan fingerprint density at radius 2 is 1.95 bits per heavy atom. The predicted molar refractivity (Wildman–Crippen MR) is 85.9 cm³/mol. The Labute approximate surface area is 133 Å². The van der Waals surface area contributed by atoms with E-state index >= 15 is 0 Å². The summed E-state index contributed by atoms with van der Waals surface area (Å²) in [6.07, 6.45) is 0. The maximum absolute atomic E-state index is 13.2. The van der Waals surface area contributed by atoms with Gasteiger partial charge in [-0.2, -0.15) is 0 Å². The van der Waals surface area contributed by atoms with E-state index in [9.17, 15) is 4.39 Å². The van der Waals surface area contributed by atoms with Crippen LogP contribution in [0.3, 0.4) is 0 Å². The van der Waals surface area contributed by atoms with Gasteiger partial charge in [-0.25, -0.2) is 4.39 Å². The van der Waals surface area contributed by atoms with Gasteiger partial charge in [0, 0.05) is 22.8 Å². The van der Waals surface area contributed by atoms with Crippen LogP contribution in [-0.2, 0) is 12.4 Å². The standard InChI is InChI=1S/C16H16Cl2FNO/c1-2-21-16-6-4-14(8-11(16)9-17)20-10-12-7-13(19)3-5-15(12)18/h3-8,20H,2,9-10H2,1H3. The zero-order chi connectivity index (χ0) is 15.2. The summed E-state index contributed by atoms with van der Waals surface area (Å²) in [5.74, 6) is 0.845. The average Bonchev–Trinajstić information content (AvgIpc) is 2.49. The molecule has 0 atom stereocenters. The molecule has 0 fully saturated rings. The summed E-state index contributed by atoms with van der Waals surface area (Å²) in [5, 5.41) is 3.74. The first-order valence-corrected chi connectivity index (χ1v) is 7.54. The Balaban J connectivity index is 2.11. The zero-order valence-electron chi connectivity index (χ0n) is 11.6. The molecule has 5 heteroatoms.